The monoisotopic (exact) mass is 252 g/mol. The maximum absolute atomic E-state index is 11.0. The van der Waals surface area contributed by atoms with Crippen LogP contribution in [0.15, 0.2) is 29.2 Å². The minimum atomic E-state index is -4.17. The Morgan fingerprint density at radius 2 is 1.81 bits per heavy atom. The van der Waals surface area contributed by atoms with Crippen LogP contribution < -0.4 is 5.32 Å². The zero-order chi connectivity index (χ0) is 11.5. The Labute approximate surface area is 116 Å². The maximum Gasteiger partial charge on any atom is 0.294 e. The molecule has 1 radical (unpaired) electrons. The number of carbonyl (C=O) groups excluding carboxylic acids is 1. The predicted molar refractivity (Wildman–Crippen MR) is 60.9 cm³/mol. The van der Waals surface area contributed by atoms with Gasteiger partial charge in [-0.05, 0) is 24.3 Å². The first kappa shape index (κ1) is 15.6. The van der Waals surface area contributed by atoms with Gasteiger partial charge in [-0.2, -0.15) is 8.42 Å². The molecule has 0 heterocycles. The van der Waals surface area contributed by atoms with Gasteiger partial charge in [-0.25, -0.2) is 0 Å². The van der Waals surface area contributed by atoms with Gasteiger partial charge in [0.2, 0.25) is 5.91 Å². The normalized spacial score (nSPS) is 10.4. The molecule has 83 valence electrons. The Bertz CT molecular complexity index is 455. The van der Waals surface area contributed by atoms with Gasteiger partial charge in [0.1, 0.15) is 0 Å². The van der Waals surface area contributed by atoms with E-state index in [0.717, 1.165) is 0 Å². The number of hydrogen-bond acceptors (Lipinski definition) is 3. The first-order valence-electron chi connectivity index (χ1n) is 4.31. The fraction of sp³-hybridized carbons (Fsp3) is 0.222. The molecular weight excluding hydrogens is 241 g/mol. The molecule has 0 aromatic heterocycles. The Hall–Kier alpha value is -0.400. The topological polar surface area (TPSA) is 83.5 Å². The minimum absolute atomic E-state index is 0. The van der Waals surface area contributed by atoms with Gasteiger partial charge in [-0.3, -0.25) is 9.35 Å². The van der Waals surface area contributed by atoms with Crippen molar-refractivity contribution in [1.82, 2.24) is 0 Å². The Morgan fingerprint density at radius 1 is 1.31 bits per heavy atom. The largest absolute Gasteiger partial charge is 0.326 e. The molecule has 0 saturated carbocycles. The summed E-state index contributed by atoms with van der Waals surface area (Å²) in [6.45, 7) is 1.71. The third-order valence-electron chi connectivity index (χ3n) is 1.76. The van der Waals surface area contributed by atoms with Gasteiger partial charge in [0, 0.05) is 41.7 Å². The van der Waals surface area contributed by atoms with Crippen LogP contribution in [0, 0.1) is 0 Å². The summed E-state index contributed by atoms with van der Waals surface area (Å²) in [5, 5.41) is 2.55. The first-order valence-corrected chi connectivity index (χ1v) is 5.75. The van der Waals surface area contributed by atoms with Crippen LogP contribution in [0.2, 0.25) is 0 Å². The molecule has 0 unspecified atom stereocenters. The summed E-state index contributed by atoms with van der Waals surface area (Å²) < 4.78 is 30.1. The second kappa shape index (κ2) is 6.36. The van der Waals surface area contributed by atoms with Gasteiger partial charge >= 0.3 is 0 Å². The molecular formula is C9H11NNaO4S. The van der Waals surface area contributed by atoms with E-state index in [1.807, 2.05) is 0 Å². The molecule has 0 aliphatic rings. The van der Waals surface area contributed by atoms with Crippen molar-refractivity contribution in [3.63, 3.8) is 0 Å². The van der Waals surface area contributed by atoms with Crippen molar-refractivity contribution < 1.29 is 17.8 Å². The molecule has 7 heteroatoms. The number of benzene rings is 1. The molecule has 1 aromatic carbocycles. The molecule has 0 aliphatic heterocycles. The average Bonchev–Trinajstić information content (AvgIpc) is 2.17. The van der Waals surface area contributed by atoms with Crippen molar-refractivity contribution in [2.75, 3.05) is 5.32 Å². The van der Waals surface area contributed by atoms with Crippen molar-refractivity contribution in [2.24, 2.45) is 0 Å². The zero-order valence-electron chi connectivity index (χ0n) is 9.10. The number of nitrogens with one attached hydrogen (secondary N) is 1. The Balaban J connectivity index is 0.00000225. The molecule has 0 saturated heterocycles. The van der Waals surface area contributed by atoms with Crippen molar-refractivity contribution >= 4 is 51.3 Å². The molecule has 0 atom stereocenters. The molecule has 1 rings (SSSR count). The number of carbonyl (C=O) groups is 1. The van der Waals surface area contributed by atoms with Crippen LogP contribution in [0.4, 0.5) is 5.69 Å². The van der Waals surface area contributed by atoms with Gasteiger partial charge in [0.25, 0.3) is 10.1 Å². The van der Waals surface area contributed by atoms with Crippen LogP contribution in [0.5, 0.6) is 0 Å². The van der Waals surface area contributed by atoms with Crippen LogP contribution >= 0.6 is 0 Å². The number of rotatable bonds is 3. The quantitative estimate of drug-likeness (QED) is 0.618. The van der Waals surface area contributed by atoms with Crippen LogP contribution in [0.25, 0.3) is 0 Å². The molecule has 16 heavy (non-hydrogen) atoms. The molecule has 2 N–H and O–H groups in total. The number of amides is 1. The van der Waals surface area contributed by atoms with E-state index in [-0.39, 0.29) is 40.4 Å². The molecule has 0 aliphatic carbocycles. The molecule has 0 bridgehead atoms. The van der Waals surface area contributed by atoms with Crippen LogP contribution in [-0.2, 0) is 14.9 Å². The third kappa shape index (κ3) is 4.63. The zero-order valence-corrected chi connectivity index (χ0v) is 11.9. The van der Waals surface area contributed by atoms with E-state index < -0.39 is 10.1 Å². The standard InChI is InChI=1S/C9H11NO4S.Na/c1-2-9(11)10-7-3-5-8(6-4-7)15(12,13)14;/h3-6H,2H2,1H3,(H,10,11)(H,12,13,14);. The van der Waals surface area contributed by atoms with E-state index >= 15 is 0 Å². The van der Waals surface area contributed by atoms with Crippen LogP contribution in [0.3, 0.4) is 0 Å². The molecule has 0 spiro atoms. The van der Waals surface area contributed by atoms with E-state index in [1.165, 1.54) is 24.3 Å². The van der Waals surface area contributed by atoms with Gasteiger partial charge in [-0.15, -0.1) is 0 Å². The Morgan fingerprint density at radius 3 is 2.19 bits per heavy atom. The van der Waals surface area contributed by atoms with Crippen molar-refractivity contribution in [2.45, 2.75) is 18.2 Å². The second-order valence-electron chi connectivity index (χ2n) is 2.90. The van der Waals surface area contributed by atoms with Gasteiger partial charge in [-0.1, -0.05) is 6.92 Å². The molecule has 5 nitrogen and oxygen atoms in total. The number of anilines is 1. The summed E-state index contributed by atoms with van der Waals surface area (Å²) in [4.78, 5) is 10.8. The summed E-state index contributed by atoms with van der Waals surface area (Å²) in [6, 6.07) is 5.27. The predicted octanol–water partition coefficient (Wildman–Crippen LogP) is 0.901. The van der Waals surface area contributed by atoms with E-state index in [1.54, 1.807) is 6.92 Å². The first-order chi connectivity index (χ1) is 6.93. The second-order valence-corrected chi connectivity index (χ2v) is 4.32. The van der Waals surface area contributed by atoms with Crippen LogP contribution in [-0.4, -0.2) is 48.4 Å². The summed E-state index contributed by atoms with van der Waals surface area (Å²) in [5.74, 6) is -0.158. The SMILES string of the molecule is CCC(=O)Nc1ccc(S(=O)(=O)O)cc1.[Na]. The van der Waals surface area contributed by atoms with Crippen molar-refractivity contribution in [3.05, 3.63) is 24.3 Å². The fourth-order valence-corrected chi connectivity index (χ4v) is 1.44. The van der Waals surface area contributed by atoms with Gasteiger partial charge in [0.05, 0.1) is 4.90 Å². The van der Waals surface area contributed by atoms with Crippen molar-refractivity contribution in [3.8, 4) is 0 Å². The number of hydrogen-bond donors (Lipinski definition) is 2. The molecule has 1 aromatic rings. The smallest absolute Gasteiger partial charge is 0.294 e. The fourth-order valence-electron chi connectivity index (χ4n) is 0.960. The van der Waals surface area contributed by atoms with E-state index in [0.29, 0.717) is 12.1 Å². The Kier molecular flexibility index (Phi) is 6.20. The van der Waals surface area contributed by atoms with Gasteiger partial charge < -0.3 is 5.32 Å². The van der Waals surface area contributed by atoms with E-state index in [9.17, 15) is 13.2 Å². The van der Waals surface area contributed by atoms with Crippen molar-refractivity contribution in [1.29, 1.82) is 0 Å². The summed E-state index contributed by atoms with van der Waals surface area (Å²) in [6.07, 6.45) is 0.347. The van der Waals surface area contributed by atoms with Crippen LogP contribution in [0.1, 0.15) is 13.3 Å². The summed E-state index contributed by atoms with van der Waals surface area (Å²) in [7, 11) is -4.17. The van der Waals surface area contributed by atoms with E-state index in [2.05, 4.69) is 5.32 Å². The maximum atomic E-state index is 11.0. The average molecular weight is 252 g/mol. The van der Waals surface area contributed by atoms with Gasteiger partial charge in [0.15, 0.2) is 0 Å². The molecule has 0 fully saturated rings. The summed E-state index contributed by atoms with van der Waals surface area (Å²) in [5.41, 5.74) is 0.495. The third-order valence-corrected chi connectivity index (χ3v) is 2.62. The molecule has 1 amide bonds. The van der Waals surface area contributed by atoms with E-state index in [4.69, 9.17) is 4.55 Å². The summed E-state index contributed by atoms with van der Waals surface area (Å²) >= 11 is 0. The minimum Gasteiger partial charge on any atom is -0.326 e.